The largest absolute Gasteiger partial charge is 0.259 e. The predicted molar refractivity (Wildman–Crippen MR) is 96.8 cm³/mol. The Morgan fingerprint density at radius 3 is 2.41 bits per heavy atom. The van der Waals surface area contributed by atoms with Gasteiger partial charge in [-0.1, -0.05) is 54.1 Å². The van der Waals surface area contributed by atoms with E-state index in [0.29, 0.717) is 11.5 Å². The summed E-state index contributed by atoms with van der Waals surface area (Å²) < 4.78 is 12.2. The Balaban J connectivity index is 1.68. The zero-order valence-corrected chi connectivity index (χ0v) is 14.3. The van der Waals surface area contributed by atoms with Crippen LogP contribution in [0, 0.1) is 0 Å². The van der Waals surface area contributed by atoms with E-state index < -0.39 is 10.8 Å². The van der Waals surface area contributed by atoms with E-state index in [1.54, 1.807) is 11.3 Å². The molecule has 0 amide bonds. The molecule has 0 saturated carbocycles. The molecule has 1 unspecified atom stereocenters. The molecule has 112 valence electrons. The maximum absolute atomic E-state index is 12.2. The van der Waals surface area contributed by atoms with Crippen LogP contribution in [0.25, 0.3) is 11.1 Å². The topological polar surface area (TPSA) is 17.1 Å². The van der Waals surface area contributed by atoms with Crippen LogP contribution >= 0.6 is 22.9 Å². The van der Waals surface area contributed by atoms with E-state index in [-0.39, 0.29) is 0 Å². The summed E-state index contributed by atoms with van der Waals surface area (Å²) in [5.41, 5.74) is 3.31. The fourth-order valence-corrected chi connectivity index (χ4v) is 4.68. The highest BCUT2D eigenvalue weighted by atomic mass is 35.5. The fourth-order valence-electron chi connectivity index (χ4n) is 2.25. The minimum atomic E-state index is -0.866. The first-order valence-electron chi connectivity index (χ1n) is 6.93. The third-order valence-corrected chi connectivity index (χ3v) is 5.91. The van der Waals surface area contributed by atoms with Crippen LogP contribution < -0.4 is 0 Å². The molecule has 3 rings (SSSR count). The predicted octanol–water partition coefficient (Wildman–Crippen LogP) is 5.52. The van der Waals surface area contributed by atoms with Crippen molar-refractivity contribution in [1.29, 1.82) is 0 Å². The Bertz CT molecular complexity index is 764. The van der Waals surface area contributed by atoms with Crippen molar-refractivity contribution in [2.45, 2.75) is 11.5 Å². The molecule has 0 bridgehead atoms. The lowest BCUT2D eigenvalue weighted by Crippen LogP contribution is -1.98. The molecule has 0 saturated heterocycles. The molecule has 22 heavy (non-hydrogen) atoms. The van der Waals surface area contributed by atoms with E-state index in [0.717, 1.165) is 21.7 Å². The molecule has 0 aliphatic heterocycles. The molecule has 0 fully saturated rings. The van der Waals surface area contributed by atoms with Gasteiger partial charge in [-0.3, -0.25) is 4.21 Å². The summed E-state index contributed by atoms with van der Waals surface area (Å²) in [6.45, 7) is 0. The molecule has 1 aromatic heterocycles. The van der Waals surface area contributed by atoms with Gasteiger partial charge >= 0.3 is 0 Å². The van der Waals surface area contributed by atoms with Crippen LogP contribution in [-0.2, 0) is 22.3 Å². The lowest BCUT2D eigenvalue weighted by Gasteiger charge is -2.05. The van der Waals surface area contributed by atoms with E-state index in [1.807, 2.05) is 53.9 Å². The molecule has 1 atom stereocenters. The minimum absolute atomic E-state index is 0.591. The third-order valence-electron chi connectivity index (χ3n) is 3.32. The number of benzene rings is 2. The van der Waals surface area contributed by atoms with Crippen LogP contribution in [0.15, 0.2) is 66.0 Å². The van der Waals surface area contributed by atoms with Gasteiger partial charge < -0.3 is 0 Å². The van der Waals surface area contributed by atoms with Crippen molar-refractivity contribution in [3.05, 3.63) is 81.5 Å². The second kappa shape index (κ2) is 7.23. The third kappa shape index (κ3) is 4.07. The Labute approximate surface area is 142 Å². The van der Waals surface area contributed by atoms with Crippen molar-refractivity contribution in [3.8, 4) is 11.1 Å². The summed E-state index contributed by atoms with van der Waals surface area (Å²) in [5.74, 6) is 1.22. The van der Waals surface area contributed by atoms with Gasteiger partial charge in [0.05, 0.1) is 5.75 Å². The zero-order valence-electron chi connectivity index (χ0n) is 11.9. The van der Waals surface area contributed by atoms with Gasteiger partial charge in [-0.2, -0.15) is 0 Å². The Kier molecular flexibility index (Phi) is 5.08. The normalized spacial score (nSPS) is 12.2. The molecule has 0 aliphatic carbocycles. The lowest BCUT2D eigenvalue weighted by molar-refractivity contribution is 0.682. The number of hydrogen-bond acceptors (Lipinski definition) is 2. The molecule has 4 heteroatoms. The highest BCUT2D eigenvalue weighted by Crippen LogP contribution is 2.23. The summed E-state index contributed by atoms with van der Waals surface area (Å²) in [5, 5.41) is 2.75. The van der Waals surface area contributed by atoms with Crippen molar-refractivity contribution in [2.24, 2.45) is 0 Å². The second-order valence-electron chi connectivity index (χ2n) is 5.02. The van der Waals surface area contributed by atoms with Crippen molar-refractivity contribution in [2.75, 3.05) is 0 Å². The molecule has 3 aromatic rings. The van der Waals surface area contributed by atoms with Crippen LogP contribution in [0.2, 0.25) is 5.02 Å². The summed E-state index contributed by atoms with van der Waals surface area (Å²) in [6.07, 6.45) is 0. The van der Waals surface area contributed by atoms with Crippen LogP contribution in [0.4, 0.5) is 0 Å². The van der Waals surface area contributed by atoms with Gasteiger partial charge in [0.25, 0.3) is 0 Å². The molecule has 0 spiro atoms. The minimum Gasteiger partial charge on any atom is -0.259 e. The first-order valence-corrected chi connectivity index (χ1v) is 9.67. The number of rotatable bonds is 5. The van der Waals surface area contributed by atoms with E-state index >= 15 is 0 Å². The molecule has 2 aromatic carbocycles. The zero-order chi connectivity index (χ0) is 15.4. The highest BCUT2D eigenvalue weighted by Gasteiger charge is 2.05. The van der Waals surface area contributed by atoms with Gasteiger partial charge in [-0.15, -0.1) is 11.3 Å². The quantitative estimate of drug-likeness (QED) is 0.594. The number of halogens is 1. The molecule has 0 aliphatic rings. The maximum Gasteiger partial charge on any atom is 0.0583 e. The van der Waals surface area contributed by atoms with E-state index in [4.69, 9.17) is 11.6 Å². The second-order valence-corrected chi connectivity index (χ2v) is 7.94. The molecular weight excluding hydrogens is 332 g/mol. The molecule has 0 radical (unpaired) electrons. The van der Waals surface area contributed by atoms with Gasteiger partial charge in [0, 0.05) is 26.5 Å². The maximum atomic E-state index is 12.2. The van der Waals surface area contributed by atoms with Gasteiger partial charge in [0.15, 0.2) is 0 Å². The molecule has 1 nitrogen and oxygen atoms in total. The van der Waals surface area contributed by atoms with Crippen LogP contribution in [0.1, 0.15) is 10.4 Å². The Morgan fingerprint density at radius 2 is 1.73 bits per heavy atom. The molecule has 1 heterocycles. The van der Waals surface area contributed by atoms with Crippen LogP contribution in [-0.4, -0.2) is 4.21 Å². The van der Waals surface area contributed by atoms with E-state index in [2.05, 4.69) is 12.1 Å². The summed E-state index contributed by atoms with van der Waals surface area (Å²) in [4.78, 5) is 1.17. The average Bonchev–Trinajstić information content (AvgIpc) is 3.01. The summed E-state index contributed by atoms with van der Waals surface area (Å²) in [7, 11) is -0.866. The van der Waals surface area contributed by atoms with Gasteiger partial charge in [0.1, 0.15) is 0 Å². The first-order chi connectivity index (χ1) is 10.7. The number of hydrogen-bond donors (Lipinski definition) is 0. The summed E-state index contributed by atoms with van der Waals surface area (Å²) in [6, 6.07) is 20.0. The van der Waals surface area contributed by atoms with E-state index in [9.17, 15) is 4.21 Å². The Morgan fingerprint density at radius 1 is 0.909 bits per heavy atom. The first kappa shape index (κ1) is 15.5. The molecule has 0 N–H and O–H groups in total. The standard InChI is InChI=1S/C18H15ClOS2/c19-17-4-1-3-16(11-17)15-8-6-14(7-9-15)12-22(20)13-18-5-2-10-21-18/h1-11H,12-13H2. The van der Waals surface area contributed by atoms with E-state index in [1.165, 1.54) is 4.88 Å². The monoisotopic (exact) mass is 346 g/mol. The highest BCUT2D eigenvalue weighted by molar-refractivity contribution is 7.83. The van der Waals surface area contributed by atoms with Gasteiger partial charge in [-0.05, 0) is 40.3 Å². The smallest absolute Gasteiger partial charge is 0.0583 e. The van der Waals surface area contributed by atoms with Crippen molar-refractivity contribution in [3.63, 3.8) is 0 Å². The lowest BCUT2D eigenvalue weighted by atomic mass is 10.0. The SMILES string of the molecule is O=S(Cc1ccc(-c2cccc(Cl)c2)cc1)Cc1cccs1. The van der Waals surface area contributed by atoms with Gasteiger partial charge in [0.2, 0.25) is 0 Å². The fraction of sp³-hybridized carbons (Fsp3) is 0.111. The Hall–Kier alpha value is -1.42. The van der Waals surface area contributed by atoms with Crippen LogP contribution in [0.5, 0.6) is 0 Å². The van der Waals surface area contributed by atoms with Crippen LogP contribution in [0.3, 0.4) is 0 Å². The van der Waals surface area contributed by atoms with Gasteiger partial charge in [-0.25, -0.2) is 0 Å². The average molecular weight is 347 g/mol. The van der Waals surface area contributed by atoms with Crippen molar-refractivity contribution < 1.29 is 4.21 Å². The van der Waals surface area contributed by atoms with Crippen molar-refractivity contribution >= 4 is 33.7 Å². The van der Waals surface area contributed by atoms with Crippen molar-refractivity contribution in [1.82, 2.24) is 0 Å². The molecular formula is C18H15ClOS2. The number of thiophene rings is 1. The summed E-state index contributed by atoms with van der Waals surface area (Å²) >= 11 is 7.68.